The van der Waals surface area contributed by atoms with Gasteiger partial charge in [-0.25, -0.2) is 38.1 Å². The molecule has 6 heterocycles. The lowest BCUT2D eigenvalue weighted by Gasteiger charge is -2.22. The number of carbonyl (C=O) groups is 3. The largest absolute Gasteiger partial charge is 0.496 e. The highest BCUT2D eigenvalue weighted by Crippen LogP contribution is 2.34. The first-order valence-electron chi connectivity index (χ1n) is 30.9. The van der Waals surface area contributed by atoms with Crippen LogP contribution < -0.4 is 44.4 Å². The number of hydrogen-bond donors (Lipinski definition) is 3. The highest BCUT2D eigenvalue weighted by Gasteiger charge is 2.35. The van der Waals surface area contributed by atoms with Crippen LogP contribution in [-0.4, -0.2) is 132 Å². The molecule has 6 atom stereocenters. The van der Waals surface area contributed by atoms with Crippen LogP contribution in [0, 0.1) is 35.2 Å². The Morgan fingerprint density at radius 3 is 1.21 bits per heavy atom. The van der Waals surface area contributed by atoms with Crippen molar-refractivity contribution in [2.45, 2.75) is 75.9 Å². The molecule has 0 unspecified atom stereocenters. The number of benzene rings is 3. The first-order chi connectivity index (χ1) is 45.6. The first-order valence-corrected chi connectivity index (χ1v) is 29.4. The highest BCUT2D eigenvalue weighted by molar-refractivity contribution is 6.03. The molecule has 472 valence electrons. The van der Waals surface area contributed by atoms with Gasteiger partial charge in [0.05, 0.1) is 94.1 Å². The quantitative estimate of drug-likeness (QED) is 0.0605. The van der Waals surface area contributed by atoms with Gasteiger partial charge in [0.25, 0.3) is 17.7 Å². The van der Waals surface area contributed by atoms with Gasteiger partial charge in [-0.1, -0.05) is 43.5 Å². The van der Waals surface area contributed by atoms with Crippen LogP contribution >= 0.6 is 0 Å². The minimum atomic E-state index is -2.74. The number of rotatable bonds is 21. The second kappa shape index (κ2) is 31.1. The number of methoxy groups -OCH3 is 3. The predicted octanol–water partition coefficient (Wildman–Crippen LogP) is 9.24. The number of ether oxygens (including phenoxy) is 6. The van der Waals surface area contributed by atoms with E-state index in [9.17, 15) is 27.6 Å². The van der Waals surface area contributed by atoms with Crippen molar-refractivity contribution in [2.75, 3.05) is 41.1 Å². The van der Waals surface area contributed by atoms with E-state index in [1.54, 1.807) is 67.3 Å². The van der Waals surface area contributed by atoms with E-state index in [0.717, 1.165) is 76.4 Å². The maximum absolute atomic E-state index is 13.3. The molecule has 3 amide bonds. The van der Waals surface area contributed by atoms with Crippen molar-refractivity contribution in [1.82, 2.24) is 70.9 Å². The zero-order valence-corrected chi connectivity index (χ0v) is 49.6. The number of nitrogens with one attached hydrogen (secondary N) is 3. The van der Waals surface area contributed by atoms with E-state index >= 15 is 0 Å². The zero-order valence-electron chi connectivity index (χ0n) is 52.6. The average molecular weight is 1250 g/mol. The number of hydrogen-bond acceptors (Lipinski definition) is 18. The fraction of sp³-hybridized carbons (Fsp3) is 0.323. The van der Waals surface area contributed by atoms with Crippen molar-refractivity contribution in [1.29, 1.82) is 0 Å². The molecule has 91 heavy (non-hydrogen) atoms. The Balaban J connectivity index is 0.000000154. The summed E-state index contributed by atoms with van der Waals surface area (Å²) in [5.41, 5.74) is 2.25. The van der Waals surface area contributed by atoms with Gasteiger partial charge in [-0.3, -0.25) is 14.4 Å². The normalized spacial score (nSPS) is 18.7. The monoisotopic (exact) mass is 1250 g/mol. The number of halogens is 3. The Kier molecular flexibility index (Phi) is 20.3. The molecule has 12 rings (SSSR count). The Morgan fingerprint density at radius 2 is 0.835 bits per heavy atom. The molecule has 9 aromatic rings. The Morgan fingerprint density at radius 1 is 0.462 bits per heavy atom. The topological polar surface area (TPSA) is 269 Å². The van der Waals surface area contributed by atoms with Gasteiger partial charge in [-0.15, -0.1) is 0 Å². The number of nitrogens with zero attached hydrogens (tertiary/aromatic N) is 11. The lowest BCUT2D eigenvalue weighted by molar-refractivity contribution is 0.0906. The van der Waals surface area contributed by atoms with Crippen LogP contribution in [0.1, 0.15) is 93.0 Å². The molecule has 0 spiro atoms. The van der Waals surface area contributed by atoms with Crippen LogP contribution in [-0.2, 0) is 0 Å². The van der Waals surface area contributed by atoms with E-state index in [0.29, 0.717) is 82.8 Å². The fourth-order valence-electron chi connectivity index (χ4n) is 11.2. The van der Waals surface area contributed by atoms with Crippen LogP contribution in [0.15, 0.2) is 153 Å². The van der Waals surface area contributed by atoms with Crippen LogP contribution in [0.4, 0.5) is 13.2 Å². The van der Waals surface area contributed by atoms with Crippen LogP contribution in [0.3, 0.4) is 0 Å². The van der Waals surface area contributed by atoms with E-state index in [1.165, 1.54) is 78.7 Å². The number of amides is 3. The zero-order chi connectivity index (χ0) is 66.0. The molecule has 0 radical (unpaired) electrons. The van der Waals surface area contributed by atoms with Crippen molar-refractivity contribution >= 4 is 17.7 Å². The molecule has 3 fully saturated rings. The van der Waals surface area contributed by atoms with Gasteiger partial charge in [0.15, 0.2) is 5.82 Å². The van der Waals surface area contributed by atoms with Gasteiger partial charge >= 0.3 is 0 Å². The number of pyridine rings is 3. The minimum Gasteiger partial charge on any atom is -0.496 e. The van der Waals surface area contributed by atoms with Gasteiger partial charge < -0.3 is 44.4 Å². The maximum atomic E-state index is 13.3. The summed E-state index contributed by atoms with van der Waals surface area (Å²) in [5.74, 6) is 0.304. The molecule has 0 saturated heterocycles. The van der Waals surface area contributed by atoms with E-state index in [1.807, 2.05) is 12.1 Å². The smallest absolute Gasteiger partial charge is 0.257 e. The Hall–Kier alpha value is -10.5. The van der Waals surface area contributed by atoms with Gasteiger partial charge in [0, 0.05) is 72.0 Å². The lowest BCUT2D eigenvalue weighted by atomic mass is 10.0. The van der Waals surface area contributed by atoms with E-state index in [2.05, 4.69) is 61.3 Å². The predicted molar refractivity (Wildman–Crippen MR) is 325 cm³/mol. The molecule has 0 aliphatic heterocycles. The van der Waals surface area contributed by atoms with Gasteiger partial charge in [-0.05, 0) is 93.1 Å². The molecule has 0 bridgehead atoms. The van der Waals surface area contributed by atoms with Crippen molar-refractivity contribution in [2.24, 2.45) is 17.8 Å². The third kappa shape index (κ3) is 16.4. The summed E-state index contributed by atoms with van der Waals surface area (Å²) >= 11 is 0. The van der Waals surface area contributed by atoms with Gasteiger partial charge in [0.1, 0.15) is 57.2 Å². The summed E-state index contributed by atoms with van der Waals surface area (Å²) in [6, 6.07) is 25.0. The standard InChI is InChI=1S/C23H23FN4O3.2C21H22FN5O3/c1-30-19-8-3-6-17(22-25-11-4-12-26-22)21(19)23(29)28-18-7-2-5-15(18)14-31-20-10-9-16(24)13-27-20;2*1-29-18-7-3-6-17(27-24-10-11-25-27)20(18)21(28)26-16-5-2-4-14(16)13-30-19-9-8-15(22)12-23-19/h3-4,6,8-13,15,18H,2,5,7,14H2,1H3,(H,28,29);2*3,6-12,14,16H,2,4-5,13H2,1H3,(H,26,28)/t15-,18+;2*14-,16+/m111/s1/i;1D3;. The van der Waals surface area contributed by atoms with Crippen molar-refractivity contribution in [3.8, 4) is 57.7 Å². The molecule has 3 aromatic carbocycles. The maximum Gasteiger partial charge on any atom is 0.257 e. The molecule has 3 aliphatic carbocycles. The molecular formula is C65H67F3N14O9. The fourth-order valence-corrected chi connectivity index (χ4v) is 11.2. The summed E-state index contributed by atoms with van der Waals surface area (Å²) in [7, 11) is 0.315. The van der Waals surface area contributed by atoms with Crippen molar-refractivity contribution in [3.05, 3.63) is 187 Å². The SMILES string of the molecule is COc1cccc(-c2ncccn2)c1C(=O)N[C@H]1CCC[C@@H]1COc1ccc(F)cn1.COc1cccc(-n2nccn2)c1C(=O)N[C@H]1CCC[C@@H]1COc1ccc(F)cn1.[2H]C([2H])([2H])Oc1cccc(-n2nccn2)c1C(=O)N[C@H]1CCC[C@@H]1COc1ccc(F)cn1. The van der Waals surface area contributed by atoms with Crippen molar-refractivity contribution in [3.63, 3.8) is 0 Å². The Bertz CT molecular complexity index is 3930. The molecule has 3 N–H and O–H groups in total. The van der Waals surface area contributed by atoms with E-state index in [-0.39, 0.29) is 59.0 Å². The summed E-state index contributed by atoms with van der Waals surface area (Å²) in [6.45, 7) is 1.08. The average Bonchev–Trinajstić information content (AvgIpc) is 1.19. The Labute approximate surface area is 526 Å². The summed E-state index contributed by atoms with van der Waals surface area (Å²) < 4.78 is 94.5. The molecule has 6 aromatic heterocycles. The number of carbonyl (C=O) groups excluding carboxylic acids is 3. The van der Waals surface area contributed by atoms with Crippen LogP contribution in [0.25, 0.3) is 22.8 Å². The molecule has 26 heteroatoms. The summed E-state index contributed by atoms with van der Waals surface area (Å²) in [4.78, 5) is 62.8. The first kappa shape index (κ1) is 59.4. The molecular weight excluding hydrogens is 1180 g/mol. The van der Waals surface area contributed by atoms with Crippen molar-refractivity contribution < 1.29 is 60.1 Å². The molecule has 3 aliphatic rings. The second-order valence-corrected chi connectivity index (χ2v) is 21.4. The third-order valence-corrected chi connectivity index (χ3v) is 15.7. The van der Waals surface area contributed by atoms with Gasteiger partial charge in [-0.2, -0.15) is 30.0 Å². The van der Waals surface area contributed by atoms with Crippen LogP contribution in [0.2, 0.25) is 0 Å². The van der Waals surface area contributed by atoms with Crippen LogP contribution in [0.5, 0.6) is 34.9 Å². The van der Waals surface area contributed by atoms with E-state index < -0.39 is 30.4 Å². The second-order valence-electron chi connectivity index (χ2n) is 21.4. The van der Waals surface area contributed by atoms with E-state index in [4.69, 9.17) is 32.5 Å². The summed E-state index contributed by atoms with van der Waals surface area (Å²) in [5, 5.41) is 25.6. The molecule has 3 saturated carbocycles. The third-order valence-electron chi connectivity index (χ3n) is 15.7. The summed E-state index contributed by atoms with van der Waals surface area (Å²) in [6.07, 6.45) is 20.5. The highest BCUT2D eigenvalue weighted by atomic mass is 19.1. The number of aromatic nitrogens is 11. The molecule has 23 nitrogen and oxygen atoms in total. The minimum absolute atomic E-state index is 0.00257. The van der Waals surface area contributed by atoms with Gasteiger partial charge in [0.2, 0.25) is 17.6 Å². The lowest BCUT2D eigenvalue weighted by Crippen LogP contribution is -2.40.